The first kappa shape index (κ1) is 13.9. The summed E-state index contributed by atoms with van der Waals surface area (Å²) in [6.07, 6.45) is 7.80. The van der Waals surface area contributed by atoms with E-state index in [9.17, 15) is 0 Å². The highest BCUT2D eigenvalue weighted by Gasteiger charge is 2.27. The Bertz CT molecular complexity index is 454. The zero-order valence-corrected chi connectivity index (χ0v) is 12.8. The molecule has 20 heavy (non-hydrogen) atoms. The van der Waals surface area contributed by atoms with Crippen LogP contribution < -0.4 is 10.1 Å². The maximum atomic E-state index is 5.76. The minimum atomic E-state index is 0.478. The Labute approximate surface area is 122 Å². The van der Waals surface area contributed by atoms with Gasteiger partial charge in [-0.3, -0.25) is 0 Å². The number of ether oxygens (including phenoxy) is 1. The second-order valence-corrected chi connectivity index (χ2v) is 7.19. The molecule has 0 amide bonds. The molecule has 1 aliphatic carbocycles. The van der Waals surface area contributed by atoms with Crippen LogP contribution in [0.15, 0.2) is 24.3 Å². The molecule has 2 atom stereocenters. The Balaban J connectivity index is 1.67. The molecule has 0 radical (unpaired) electrons. The molecular formula is C18H27NO. The Kier molecular flexibility index (Phi) is 4.02. The van der Waals surface area contributed by atoms with Crippen LogP contribution in [0.3, 0.4) is 0 Å². The third kappa shape index (κ3) is 3.17. The molecule has 0 bridgehead atoms. The van der Waals surface area contributed by atoms with E-state index in [4.69, 9.17) is 4.74 Å². The molecule has 1 aromatic carbocycles. The standard InChI is InChI=1S/C18H27NO/c1-18(2)11-5-6-14(9-12-18)19-16-10-13-20-17-8-4-3-7-15(16)17/h3-4,7-8,14,16,19H,5-6,9-13H2,1-2H3. The Morgan fingerprint density at radius 3 is 2.85 bits per heavy atom. The van der Waals surface area contributed by atoms with Crippen molar-refractivity contribution in [2.45, 2.75) is 64.5 Å². The first-order valence-electron chi connectivity index (χ1n) is 8.12. The molecule has 2 unspecified atom stereocenters. The topological polar surface area (TPSA) is 21.3 Å². The van der Waals surface area contributed by atoms with E-state index in [-0.39, 0.29) is 0 Å². The number of para-hydroxylation sites is 1. The summed E-state index contributed by atoms with van der Waals surface area (Å²) in [5, 5.41) is 3.91. The summed E-state index contributed by atoms with van der Waals surface area (Å²) in [7, 11) is 0. The second-order valence-electron chi connectivity index (χ2n) is 7.19. The van der Waals surface area contributed by atoms with Gasteiger partial charge in [-0.1, -0.05) is 38.5 Å². The molecule has 1 aliphatic heterocycles. The molecular weight excluding hydrogens is 246 g/mol. The zero-order chi connectivity index (χ0) is 14.0. The number of benzene rings is 1. The summed E-state index contributed by atoms with van der Waals surface area (Å²) in [4.78, 5) is 0. The molecule has 2 heteroatoms. The summed E-state index contributed by atoms with van der Waals surface area (Å²) in [5.41, 5.74) is 1.88. The van der Waals surface area contributed by atoms with E-state index in [0.717, 1.165) is 18.8 Å². The molecule has 1 aromatic rings. The quantitative estimate of drug-likeness (QED) is 0.803. The zero-order valence-electron chi connectivity index (χ0n) is 12.8. The predicted octanol–water partition coefficient (Wildman–Crippen LogP) is 4.46. The second kappa shape index (κ2) is 5.77. The molecule has 0 saturated heterocycles. The van der Waals surface area contributed by atoms with E-state index in [0.29, 0.717) is 17.5 Å². The molecule has 1 fully saturated rings. The maximum absolute atomic E-state index is 5.76. The molecule has 1 saturated carbocycles. The van der Waals surface area contributed by atoms with E-state index >= 15 is 0 Å². The summed E-state index contributed by atoms with van der Waals surface area (Å²) in [6, 6.07) is 9.65. The van der Waals surface area contributed by atoms with Crippen molar-refractivity contribution in [2.24, 2.45) is 5.41 Å². The van der Waals surface area contributed by atoms with Gasteiger partial charge in [-0.2, -0.15) is 0 Å². The molecule has 2 nitrogen and oxygen atoms in total. The average molecular weight is 273 g/mol. The van der Waals surface area contributed by atoms with Gasteiger partial charge in [0.2, 0.25) is 0 Å². The normalized spacial score (nSPS) is 29.1. The average Bonchev–Trinajstić information content (AvgIpc) is 2.61. The van der Waals surface area contributed by atoms with Crippen LogP contribution in [0.5, 0.6) is 5.75 Å². The van der Waals surface area contributed by atoms with Crippen molar-refractivity contribution in [3.63, 3.8) is 0 Å². The van der Waals surface area contributed by atoms with Gasteiger partial charge in [-0.25, -0.2) is 0 Å². The molecule has 0 aromatic heterocycles. The van der Waals surface area contributed by atoms with Crippen LogP contribution in [0.25, 0.3) is 0 Å². The van der Waals surface area contributed by atoms with Crippen LogP contribution >= 0.6 is 0 Å². The number of hydrogen-bond acceptors (Lipinski definition) is 2. The Morgan fingerprint density at radius 1 is 1.10 bits per heavy atom. The van der Waals surface area contributed by atoms with Crippen molar-refractivity contribution in [3.8, 4) is 5.75 Å². The van der Waals surface area contributed by atoms with Crippen molar-refractivity contribution < 1.29 is 4.74 Å². The predicted molar refractivity (Wildman–Crippen MR) is 83.1 cm³/mol. The first-order valence-corrected chi connectivity index (χ1v) is 8.12. The number of hydrogen-bond donors (Lipinski definition) is 1. The summed E-state index contributed by atoms with van der Waals surface area (Å²) < 4.78 is 5.76. The molecule has 110 valence electrons. The van der Waals surface area contributed by atoms with Gasteiger partial charge in [-0.05, 0) is 37.2 Å². The van der Waals surface area contributed by atoms with Crippen LogP contribution in [0.2, 0.25) is 0 Å². The molecule has 3 rings (SSSR count). The SMILES string of the molecule is CC1(C)CCCC(NC2CCOc3ccccc32)CC1. The van der Waals surface area contributed by atoms with E-state index in [1.807, 2.05) is 0 Å². The fourth-order valence-electron chi connectivity index (χ4n) is 3.63. The fraction of sp³-hybridized carbons (Fsp3) is 0.667. The monoisotopic (exact) mass is 273 g/mol. The van der Waals surface area contributed by atoms with Crippen LogP contribution in [0.1, 0.15) is 64.0 Å². The lowest BCUT2D eigenvalue weighted by atomic mass is 9.85. The van der Waals surface area contributed by atoms with Crippen molar-refractivity contribution in [1.29, 1.82) is 0 Å². The van der Waals surface area contributed by atoms with Crippen molar-refractivity contribution in [1.82, 2.24) is 5.32 Å². The lowest BCUT2D eigenvalue weighted by Gasteiger charge is -2.30. The van der Waals surface area contributed by atoms with Gasteiger partial charge >= 0.3 is 0 Å². The Morgan fingerprint density at radius 2 is 1.95 bits per heavy atom. The number of rotatable bonds is 2. The van der Waals surface area contributed by atoms with Crippen LogP contribution in [0, 0.1) is 5.41 Å². The van der Waals surface area contributed by atoms with E-state index in [2.05, 4.69) is 43.4 Å². The van der Waals surface area contributed by atoms with Gasteiger partial charge in [0.1, 0.15) is 5.75 Å². The summed E-state index contributed by atoms with van der Waals surface area (Å²) >= 11 is 0. The largest absolute Gasteiger partial charge is 0.493 e. The summed E-state index contributed by atoms with van der Waals surface area (Å²) in [6.45, 7) is 5.67. The molecule has 1 N–H and O–H groups in total. The number of nitrogens with one attached hydrogen (secondary N) is 1. The fourth-order valence-corrected chi connectivity index (χ4v) is 3.63. The highest BCUT2D eigenvalue weighted by molar-refractivity contribution is 5.37. The molecule has 1 heterocycles. The third-order valence-corrected chi connectivity index (χ3v) is 4.97. The lowest BCUT2D eigenvalue weighted by Crippen LogP contribution is -2.35. The van der Waals surface area contributed by atoms with Crippen LogP contribution in [-0.4, -0.2) is 12.6 Å². The van der Waals surface area contributed by atoms with Crippen LogP contribution in [0.4, 0.5) is 0 Å². The molecule has 0 spiro atoms. The minimum Gasteiger partial charge on any atom is -0.493 e. The highest BCUT2D eigenvalue weighted by atomic mass is 16.5. The van der Waals surface area contributed by atoms with Gasteiger partial charge in [0.05, 0.1) is 6.61 Å². The van der Waals surface area contributed by atoms with Gasteiger partial charge in [0.15, 0.2) is 0 Å². The van der Waals surface area contributed by atoms with Crippen molar-refractivity contribution in [2.75, 3.05) is 6.61 Å². The smallest absolute Gasteiger partial charge is 0.124 e. The highest BCUT2D eigenvalue weighted by Crippen LogP contribution is 2.36. The van der Waals surface area contributed by atoms with Gasteiger partial charge in [-0.15, -0.1) is 0 Å². The van der Waals surface area contributed by atoms with Crippen LogP contribution in [-0.2, 0) is 0 Å². The van der Waals surface area contributed by atoms with Crippen molar-refractivity contribution >= 4 is 0 Å². The Hall–Kier alpha value is -1.02. The summed E-state index contributed by atoms with van der Waals surface area (Å²) in [5.74, 6) is 1.07. The van der Waals surface area contributed by atoms with E-state index < -0.39 is 0 Å². The van der Waals surface area contributed by atoms with Gasteiger partial charge in [0.25, 0.3) is 0 Å². The minimum absolute atomic E-state index is 0.478. The van der Waals surface area contributed by atoms with Gasteiger partial charge in [0, 0.05) is 24.1 Å². The van der Waals surface area contributed by atoms with E-state index in [1.165, 1.54) is 37.7 Å². The third-order valence-electron chi connectivity index (χ3n) is 4.97. The number of fused-ring (bicyclic) bond motifs is 1. The first-order chi connectivity index (χ1) is 9.64. The van der Waals surface area contributed by atoms with Gasteiger partial charge < -0.3 is 10.1 Å². The maximum Gasteiger partial charge on any atom is 0.124 e. The van der Waals surface area contributed by atoms with Crippen molar-refractivity contribution in [3.05, 3.63) is 29.8 Å². The lowest BCUT2D eigenvalue weighted by molar-refractivity contribution is 0.238. The van der Waals surface area contributed by atoms with E-state index in [1.54, 1.807) is 0 Å². The molecule has 2 aliphatic rings.